The van der Waals surface area contributed by atoms with E-state index in [2.05, 4.69) is 17.3 Å². The number of nitrogens with zero attached hydrogens (tertiary/aromatic N) is 3. The molecule has 1 atom stereocenters. The van der Waals surface area contributed by atoms with Crippen LogP contribution in [0, 0.1) is 5.92 Å². The number of rotatable bonds is 6. The molecule has 0 aromatic carbocycles. The third-order valence-electron chi connectivity index (χ3n) is 4.16. The van der Waals surface area contributed by atoms with E-state index in [9.17, 15) is 9.59 Å². The van der Waals surface area contributed by atoms with Crippen LogP contribution in [-0.4, -0.2) is 45.6 Å². The fourth-order valence-electron chi connectivity index (χ4n) is 2.93. The fraction of sp³-hybridized carbons (Fsp3) is 0.667. The molecular formula is C15H22N4O2. The molecule has 6 heteroatoms. The van der Waals surface area contributed by atoms with Crippen molar-refractivity contribution in [3.8, 4) is 0 Å². The zero-order chi connectivity index (χ0) is 14.8. The van der Waals surface area contributed by atoms with Crippen molar-refractivity contribution >= 4 is 11.8 Å². The van der Waals surface area contributed by atoms with Gasteiger partial charge in [0.15, 0.2) is 0 Å². The minimum absolute atomic E-state index is 0.0988. The Labute approximate surface area is 124 Å². The quantitative estimate of drug-likeness (QED) is 0.851. The summed E-state index contributed by atoms with van der Waals surface area (Å²) in [7, 11) is 0. The lowest BCUT2D eigenvalue weighted by molar-refractivity contribution is -0.128. The van der Waals surface area contributed by atoms with Crippen molar-refractivity contribution in [1.29, 1.82) is 0 Å². The van der Waals surface area contributed by atoms with Gasteiger partial charge in [0.1, 0.15) is 5.69 Å². The van der Waals surface area contributed by atoms with Crippen LogP contribution >= 0.6 is 0 Å². The Morgan fingerprint density at radius 1 is 1.48 bits per heavy atom. The molecule has 1 saturated heterocycles. The van der Waals surface area contributed by atoms with Gasteiger partial charge >= 0.3 is 0 Å². The zero-order valence-corrected chi connectivity index (χ0v) is 12.4. The van der Waals surface area contributed by atoms with Gasteiger partial charge in [0.25, 0.3) is 5.91 Å². The molecule has 0 unspecified atom stereocenters. The molecule has 2 fully saturated rings. The molecule has 2 aliphatic rings. The van der Waals surface area contributed by atoms with Crippen molar-refractivity contribution in [1.82, 2.24) is 20.0 Å². The number of nitrogens with one attached hydrogen (secondary N) is 1. The third kappa shape index (κ3) is 3.09. The van der Waals surface area contributed by atoms with Crippen LogP contribution in [0.15, 0.2) is 12.3 Å². The molecular weight excluding hydrogens is 268 g/mol. The summed E-state index contributed by atoms with van der Waals surface area (Å²) in [5, 5.41) is 7.10. The van der Waals surface area contributed by atoms with E-state index in [1.807, 2.05) is 4.90 Å². The molecule has 0 bridgehead atoms. The van der Waals surface area contributed by atoms with E-state index < -0.39 is 0 Å². The Bertz CT molecular complexity index is 536. The molecule has 1 aliphatic heterocycles. The van der Waals surface area contributed by atoms with Gasteiger partial charge in [-0.15, -0.1) is 0 Å². The Morgan fingerprint density at radius 3 is 3.00 bits per heavy atom. The second-order valence-electron chi connectivity index (χ2n) is 6.00. The highest BCUT2D eigenvalue weighted by Crippen LogP contribution is 2.32. The van der Waals surface area contributed by atoms with Crippen molar-refractivity contribution in [3.05, 3.63) is 18.0 Å². The highest BCUT2D eigenvalue weighted by atomic mass is 16.2. The molecule has 6 nitrogen and oxygen atoms in total. The Balaban J connectivity index is 1.52. The van der Waals surface area contributed by atoms with Crippen LogP contribution in [-0.2, 0) is 11.3 Å². The van der Waals surface area contributed by atoms with Crippen LogP contribution in [0.4, 0.5) is 0 Å². The van der Waals surface area contributed by atoms with Crippen molar-refractivity contribution < 1.29 is 9.59 Å². The SMILES string of the molecule is CCCn1nccc1C(=O)NC[C@H]1CC(=O)N(C2CC2)C1. The predicted octanol–water partition coefficient (Wildman–Crippen LogP) is 1.03. The summed E-state index contributed by atoms with van der Waals surface area (Å²) < 4.78 is 1.73. The third-order valence-corrected chi connectivity index (χ3v) is 4.16. The first-order valence-corrected chi connectivity index (χ1v) is 7.78. The van der Waals surface area contributed by atoms with Crippen molar-refractivity contribution in [3.63, 3.8) is 0 Å². The summed E-state index contributed by atoms with van der Waals surface area (Å²) in [6.07, 6.45) is 5.43. The zero-order valence-electron chi connectivity index (χ0n) is 12.4. The maximum atomic E-state index is 12.2. The predicted molar refractivity (Wildman–Crippen MR) is 77.7 cm³/mol. The van der Waals surface area contributed by atoms with E-state index in [4.69, 9.17) is 0 Å². The fourth-order valence-corrected chi connectivity index (χ4v) is 2.93. The average molecular weight is 290 g/mol. The Kier molecular flexibility index (Phi) is 3.94. The lowest BCUT2D eigenvalue weighted by Crippen LogP contribution is -2.33. The standard InChI is InChI=1S/C15H22N4O2/c1-2-7-19-13(5-6-17-19)15(21)16-9-11-8-14(20)18(10-11)12-3-4-12/h5-6,11-12H,2-4,7-10H2,1H3,(H,16,21)/t11-/m1/s1. The van der Waals surface area contributed by atoms with Crippen LogP contribution in [0.25, 0.3) is 0 Å². The number of likely N-dealkylation sites (tertiary alicyclic amines) is 1. The van der Waals surface area contributed by atoms with E-state index >= 15 is 0 Å². The molecule has 1 aromatic heterocycles. The van der Waals surface area contributed by atoms with Gasteiger partial charge in [0.2, 0.25) is 5.91 Å². The first-order chi connectivity index (χ1) is 10.2. The number of carbonyl (C=O) groups is 2. The maximum Gasteiger partial charge on any atom is 0.269 e. The van der Waals surface area contributed by atoms with Crippen LogP contribution in [0.5, 0.6) is 0 Å². The van der Waals surface area contributed by atoms with E-state index in [-0.39, 0.29) is 17.7 Å². The molecule has 0 spiro atoms. The number of carbonyl (C=O) groups excluding carboxylic acids is 2. The molecule has 1 saturated carbocycles. The van der Waals surface area contributed by atoms with Crippen LogP contribution < -0.4 is 5.32 Å². The smallest absolute Gasteiger partial charge is 0.269 e. The van der Waals surface area contributed by atoms with Gasteiger partial charge in [-0.25, -0.2) is 0 Å². The number of amides is 2. The lowest BCUT2D eigenvalue weighted by Gasteiger charge is -2.15. The van der Waals surface area contributed by atoms with Crippen molar-refractivity contribution in [2.75, 3.05) is 13.1 Å². The largest absolute Gasteiger partial charge is 0.350 e. The molecule has 2 heterocycles. The lowest BCUT2D eigenvalue weighted by atomic mass is 10.1. The minimum Gasteiger partial charge on any atom is -0.350 e. The topological polar surface area (TPSA) is 67.2 Å². The summed E-state index contributed by atoms with van der Waals surface area (Å²) in [6, 6.07) is 2.21. The molecule has 0 radical (unpaired) electrons. The molecule has 3 rings (SSSR count). The van der Waals surface area contributed by atoms with Crippen LogP contribution in [0.3, 0.4) is 0 Å². The molecule has 114 valence electrons. The second-order valence-corrected chi connectivity index (χ2v) is 6.00. The van der Waals surface area contributed by atoms with Gasteiger partial charge in [0.05, 0.1) is 0 Å². The van der Waals surface area contributed by atoms with Crippen LogP contribution in [0.1, 0.15) is 43.1 Å². The summed E-state index contributed by atoms with van der Waals surface area (Å²) in [4.78, 5) is 26.1. The summed E-state index contributed by atoms with van der Waals surface area (Å²) >= 11 is 0. The van der Waals surface area contributed by atoms with Crippen LogP contribution in [0.2, 0.25) is 0 Å². The Hall–Kier alpha value is -1.85. The van der Waals surface area contributed by atoms with E-state index in [0.29, 0.717) is 24.7 Å². The maximum absolute atomic E-state index is 12.2. The van der Waals surface area contributed by atoms with Crippen molar-refractivity contribution in [2.45, 2.75) is 45.2 Å². The van der Waals surface area contributed by atoms with Gasteiger partial charge in [-0.3, -0.25) is 14.3 Å². The average Bonchev–Trinajstić information content (AvgIpc) is 3.09. The van der Waals surface area contributed by atoms with E-state index in [0.717, 1.165) is 32.4 Å². The monoisotopic (exact) mass is 290 g/mol. The number of aryl methyl sites for hydroxylation is 1. The van der Waals surface area contributed by atoms with Gasteiger partial charge in [-0.05, 0) is 25.3 Å². The highest BCUT2D eigenvalue weighted by molar-refractivity contribution is 5.92. The molecule has 2 amide bonds. The second kappa shape index (κ2) is 5.87. The van der Waals surface area contributed by atoms with Gasteiger partial charge in [-0.2, -0.15) is 5.10 Å². The van der Waals surface area contributed by atoms with Gasteiger partial charge in [0, 0.05) is 44.2 Å². The first kappa shape index (κ1) is 14.1. The summed E-state index contributed by atoms with van der Waals surface area (Å²) in [5.41, 5.74) is 0.597. The molecule has 21 heavy (non-hydrogen) atoms. The minimum atomic E-state index is -0.0988. The number of aromatic nitrogens is 2. The van der Waals surface area contributed by atoms with Crippen molar-refractivity contribution in [2.24, 2.45) is 5.92 Å². The number of hydrogen-bond donors (Lipinski definition) is 1. The van der Waals surface area contributed by atoms with Gasteiger partial charge < -0.3 is 10.2 Å². The number of hydrogen-bond acceptors (Lipinski definition) is 3. The Morgan fingerprint density at radius 2 is 2.29 bits per heavy atom. The van der Waals surface area contributed by atoms with E-state index in [1.165, 1.54) is 0 Å². The highest BCUT2D eigenvalue weighted by Gasteiger charge is 2.39. The first-order valence-electron chi connectivity index (χ1n) is 7.78. The van der Waals surface area contributed by atoms with E-state index in [1.54, 1.807) is 16.9 Å². The molecule has 1 N–H and O–H groups in total. The summed E-state index contributed by atoms with van der Waals surface area (Å²) in [6.45, 7) is 4.15. The molecule has 1 aromatic rings. The molecule has 1 aliphatic carbocycles. The normalized spacial score (nSPS) is 21.9. The van der Waals surface area contributed by atoms with Gasteiger partial charge in [-0.1, -0.05) is 6.92 Å². The summed E-state index contributed by atoms with van der Waals surface area (Å²) in [5.74, 6) is 0.385.